The Morgan fingerprint density at radius 2 is 2.20 bits per heavy atom. The first kappa shape index (κ1) is 10.2. The number of amides is 2. The maximum absolute atomic E-state index is 11.8. The van der Waals surface area contributed by atoms with Crippen LogP contribution in [0.25, 0.3) is 0 Å². The van der Waals surface area contributed by atoms with Crippen molar-refractivity contribution in [1.29, 1.82) is 0 Å². The van der Waals surface area contributed by atoms with Gasteiger partial charge in [-0.25, -0.2) is 4.79 Å². The van der Waals surface area contributed by atoms with Gasteiger partial charge in [0.15, 0.2) is 0 Å². The molecule has 0 spiro atoms. The highest BCUT2D eigenvalue weighted by atomic mass is 16.4. The zero-order valence-corrected chi connectivity index (χ0v) is 8.72. The topological polar surface area (TPSA) is 64.1 Å². The number of urea groups is 1. The summed E-state index contributed by atoms with van der Waals surface area (Å²) in [6.45, 7) is 2.76. The average molecular weight is 213 g/mol. The number of carbonyl (C=O) groups is 2. The van der Waals surface area contributed by atoms with Crippen molar-refractivity contribution in [2.24, 2.45) is 0 Å². The third-order valence-electron chi connectivity index (χ3n) is 2.96. The second kappa shape index (κ2) is 3.69. The Morgan fingerprint density at radius 1 is 1.47 bits per heavy atom. The molecule has 2 amide bonds. The maximum atomic E-state index is 11.8. The van der Waals surface area contributed by atoms with Crippen molar-refractivity contribution < 1.29 is 14.7 Å². The van der Waals surface area contributed by atoms with Crippen LogP contribution in [0, 0.1) is 0 Å². The molecular weight excluding hydrogens is 198 g/mol. The van der Waals surface area contributed by atoms with Crippen LogP contribution in [-0.4, -0.2) is 77.6 Å². The summed E-state index contributed by atoms with van der Waals surface area (Å²) in [6, 6.07) is 0.0334. The van der Waals surface area contributed by atoms with E-state index < -0.39 is 5.97 Å². The molecule has 2 aliphatic heterocycles. The lowest BCUT2D eigenvalue weighted by Crippen LogP contribution is -2.50. The van der Waals surface area contributed by atoms with E-state index in [9.17, 15) is 9.59 Å². The van der Waals surface area contributed by atoms with Gasteiger partial charge in [0.25, 0.3) is 0 Å². The molecule has 2 aliphatic rings. The number of nitrogens with zero attached hydrogens (tertiary/aromatic N) is 3. The van der Waals surface area contributed by atoms with Gasteiger partial charge in [0, 0.05) is 26.2 Å². The van der Waals surface area contributed by atoms with Crippen LogP contribution in [0.2, 0.25) is 0 Å². The van der Waals surface area contributed by atoms with Crippen molar-refractivity contribution in [2.75, 3.05) is 39.8 Å². The van der Waals surface area contributed by atoms with Crippen LogP contribution in [0.3, 0.4) is 0 Å². The predicted molar refractivity (Wildman–Crippen MR) is 52.6 cm³/mol. The molecule has 6 nitrogen and oxygen atoms in total. The first-order valence-corrected chi connectivity index (χ1v) is 5.04. The lowest BCUT2D eigenvalue weighted by molar-refractivity contribution is -0.137. The molecule has 0 saturated carbocycles. The van der Waals surface area contributed by atoms with E-state index in [1.807, 2.05) is 7.05 Å². The zero-order valence-electron chi connectivity index (χ0n) is 8.72. The standard InChI is InChI=1S/C9H15N3O3/c1-10-2-3-12-7(4-10)5-11(9(12)15)6-8(13)14/h7H,2-6H2,1H3,(H,13,14). The number of hydrogen-bond donors (Lipinski definition) is 1. The lowest BCUT2D eigenvalue weighted by atomic mass is 10.2. The number of carbonyl (C=O) groups excluding carboxylic acids is 1. The summed E-state index contributed by atoms with van der Waals surface area (Å²) < 4.78 is 0. The van der Waals surface area contributed by atoms with Gasteiger partial charge in [-0.3, -0.25) is 4.79 Å². The predicted octanol–water partition coefficient (Wildman–Crippen LogP) is -0.877. The molecule has 1 unspecified atom stereocenters. The molecule has 0 aromatic rings. The van der Waals surface area contributed by atoms with E-state index in [1.165, 1.54) is 4.90 Å². The largest absolute Gasteiger partial charge is 0.480 e. The number of carboxylic acids is 1. The SMILES string of the molecule is CN1CCN2C(=O)N(CC(=O)O)CC2C1. The third-order valence-corrected chi connectivity index (χ3v) is 2.96. The second-order valence-electron chi connectivity index (χ2n) is 4.17. The molecule has 0 aliphatic carbocycles. The fourth-order valence-electron chi connectivity index (χ4n) is 2.23. The number of piperazine rings is 1. The van der Waals surface area contributed by atoms with E-state index in [0.717, 1.165) is 13.1 Å². The van der Waals surface area contributed by atoms with Crippen molar-refractivity contribution in [3.05, 3.63) is 0 Å². The van der Waals surface area contributed by atoms with Gasteiger partial charge in [0.05, 0.1) is 6.04 Å². The molecule has 2 saturated heterocycles. The molecule has 0 radical (unpaired) electrons. The van der Waals surface area contributed by atoms with E-state index in [1.54, 1.807) is 4.90 Å². The molecule has 6 heteroatoms. The quantitative estimate of drug-likeness (QED) is 0.647. The molecule has 84 valence electrons. The minimum atomic E-state index is -0.948. The smallest absolute Gasteiger partial charge is 0.323 e. The zero-order chi connectivity index (χ0) is 11.0. The van der Waals surface area contributed by atoms with Gasteiger partial charge in [-0.05, 0) is 7.05 Å². The van der Waals surface area contributed by atoms with Crippen LogP contribution in [0.4, 0.5) is 4.79 Å². The number of likely N-dealkylation sites (N-methyl/N-ethyl adjacent to an activating group) is 1. The molecule has 0 aromatic heterocycles. The normalized spacial score (nSPS) is 27.0. The highest BCUT2D eigenvalue weighted by Crippen LogP contribution is 2.19. The number of rotatable bonds is 2. The fourth-order valence-corrected chi connectivity index (χ4v) is 2.23. The molecular formula is C9H15N3O3. The van der Waals surface area contributed by atoms with Gasteiger partial charge >= 0.3 is 12.0 Å². The van der Waals surface area contributed by atoms with Crippen LogP contribution in [-0.2, 0) is 4.79 Å². The van der Waals surface area contributed by atoms with E-state index in [0.29, 0.717) is 13.1 Å². The average Bonchev–Trinajstić information content (AvgIpc) is 2.42. The summed E-state index contributed by atoms with van der Waals surface area (Å²) in [5.41, 5.74) is 0. The Hall–Kier alpha value is -1.30. The molecule has 2 heterocycles. The van der Waals surface area contributed by atoms with Gasteiger partial charge in [-0.1, -0.05) is 0 Å². The van der Waals surface area contributed by atoms with Crippen molar-refractivity contribution in [3.8, 4) is 0 Å². The van der Waals surface area contributed by atoms with Gasteiger partial charge in [0.1, 0.15) is 6.54 Å². The summed E-state index contributed by atoms with van der Waals surface area (Å²) in [4.78, 5) is 27.7. The highest BCUT2D eigenvalue weighted by Gasteiger charge is 2.40. The summed E-state index contributed by atoms with van der Waals surface area (Å²) in [5.74, 6) is -0.948. The summed E-state index contributed by atoms with van der Waals surface area (Å²) >= 11 is 0. The minimum absolute atomic E-state index is 0.129. The van der Waals surface area contributed by atoms with Crippen LogP contribution >= 0.6 is 0 Å². The maximum Gasteiger partial charge on any atom is 0.323 e. The Balaban J connectivity index is 2.03. The van der Waals surface area contributed by atoms with Crippen LogP contribution < -0.4 is 0 Å². The van der Waals surface area contributed by atoms with Gasteiger partial charge in [-0.2, -0.15) is 0 Å². The van der Waals surface area contributed by atoms with Crippen LogP contribution in [0.15, 0.2) is 0 Å². The molecule has 1 atom stereocenters. The molecule has 15 heavy (non-hydrogen) atoms. The van der Waals surface area contributed by atoms with E-state index >= 15 is 0 Å². The third kappa shape index (κ3) is 1.90. The van der Waals surface area contributed by atoms with Gasteiger partial charge in [0.2, 0.25) is 0 Å². The van der Waals surface area contributed by atoms with Crippen LogP contribution in [0.1, 0.15) is 0 Å². The van der Waals surface area contributed by atoms with Crippen molar-refractivity contribution in [2.45, 2.75) is 6.04 Å². The van der Waals surface area contributed by atoms with Crippen molar-refractivity contribution in [1.82, 2.24) is 14.7 Å². The fraction of sp³-hybridized carbons (Fsp3) is 0.778. The number of carboxylic acid groups (broad SMARTS) is 1. The number of fused-ring (bicyclic) bond motifs is 1. The number of aliphatic carboxylic acids is 1. The second-order valence-corrected chi connectivity index (χ2v) is 4.17. The molecule has 2 rings (SSSR count). The summed E-state index contributed by atoms with van der Waals surface area (Å²) in [5, 5.41) is 8.65. The van der Waals surface area contributed by atoms with E-state index in [4.69, 9.17) is 5.11 Å². The minimum Gasteiger partial charge on any atom is -0.480 e. The summed E-state index contributed by atoms with van der Waals surface area (Å²) in [6.07, 6.45) is 0. The Morgan fingerprint density at radius 3 is 2.87 bits per heavy atom. The van der Waals surface area contributed by atoms with E-state index in [-0.39, 0.29) is 18.6 Å². The first-order valence-electron chi connectivity index (χ1n) is 5.04. The molecule has 0 bridgehead atoms. The monoisotopic (exact) mass is 213 g/mol. The Bertz CT molecular complexity index is 294. The Labute approximate surface area is 88.0 Å². The van der Waals surface area contributed by atoms with Crippen molar-refractivity contribution in [3.63, 3.8) is 0 Å². The Kier molecular flexibility index (Phi) is 2.52. The molecule has 2 fully saturated rings. The van der Waals surface area contributed by atoms with Gasteiger partial charge in [-0.15, -0.1) is 0 Å². The summed E-state index contributed by atoms with van der Waals surface area (Å²) in [7, 11) is 2.02. The first-order chi connectivity index (χ1) is 7.08. The lowest BCUT2D eigenvalue weighted by Gasteiger charge is -2.33. The highest BCUT2D eigenvalue weighted by molar-refractivity contribution is 5.82. The molecule has 0 aromatic carbocycles. The van der Waals surface area contributed by atoms with Crippen LogP contribution in [0.5, 0.6) is 0 Å². The molecule has 1 N–H and O–H groups in total. The van der Waals surface area contributed by atoms with Crippen molar-refractivity contribution >= 4 is 12.0 Å². The number of hydrogen-bond acceptors (Lipinski definition) is 3. The van der Waals surface area contributed by atoms with Gasteiger partial charge < -0.3 is 19.8 Å². The van der Waals surface area contributed by atoms with E-state index in [2.05, 4.69) is 4.90 Å².